The lowest BCUT2D eigenvalue weighted by Crippen LogP contribution is -2.38. The molecule has 0 bridgehead atoms. The molecule has 0 atom stereocenters. The normalized spacial score (nSPS) is 16.8. The van der Waals surface area contributed by atoms with Crippen LogP contribution >= 0.6 is 0 Å². The number of rotatable bonds is 4. The third kappa shape index (κ3) is 3.33. The average molecular weight is 247 g/mol. The zero-order chi connectivity index (χ0) is 12.8. The molecular weight excluding hydrogens is 226 g/mol. The Morgan fingerprint density at radius 2 is 1.89 bits per heavy atom. The Morgan fingerprint density at radius 3 is 2.50 bits per heavy atom. The van der Waals surface area contributed by atoms with Gasteiger partial charge in [0, 0.05) is 25.3 Å². The minimum absolute atomic E-state index is 0.149. The van der Waals surface area contributed by atoms with Crippen molar-refractivity contribution >= 4 is 5.91 Å². The molecule has 0 aliphatic carbocycles. The summed E-state index contributed by atoms with van der Waals surface area (Å²) in [6.45, 7) is 1.98. The summed E-state index contributed by atoms with van der Waals surface area (Å²) in [6.07, 6.45) is 4.11. The van der Waals surface area contributed by atoms with Gasteiger partial charge in [0.05, 0.1) is 0 Å². The lowest BCUT2D eigenvalue weighted by Gasteiger charge is -2.32. The van der Waals surface area contributed by atoms with E-state index in [2.05, 4.69) is 0 Å². The van der Waals surface area contributed by atoms with Gasteiger partial charge in [-0.1, -0.05) is 18.2 Å². The van der Waals surface area contributed by atoms with Crippen molar-refractivity contribution in [1.82, 2.24) is 4.90 Å². The molecule has 0 spiro atoms. The van der Waals surface area contributed by atoms with Crippen LogP contribution in [0.3, 0.4) is 0 Å². The largest absolute Gasteiger partial charge is 0.396 e. The van der Waals surface area contributed by atoms with Gasteiger partial charge in [-0.15, -0.1) is 0 Å². The molecule has 1 aliphatic rings. The molecule has 3 nitrogen and oxygen atoms in total. The minimum atomic E-state index is 0.149. The van der Waals surface area contributed by atoms with Crippen molar-refractivity contribution in [3.8, 4) is 0 Å². The van der Waals surface area contributed by atoms with E-state index in [1.807, 2.05) is 35.2 Å². The maximum absolute atomic E-state index is 12.2. The Labute approximate surface area is 108 Å². The van der Waals surface area contributed by atoms with Gasteiger partial charge in [-0.3, -0.25) is 4.79 Å². The number of likely N-dealkylation sites (tertiary alicyclic amines) is 1. The van der Waals surface area contributed by atoms with Crippen molar-refractivity contribution in [3.63, 3.8) is 0 Å². The van der Waals surface area contributed by atoms with E-state index >= 15 is 0 Å². The highest BCUT2D eigenvalue weighted by molar-refractivity contribution is 5.94. The van der Waals surface area contributed by atoms with Crippen molar-refractivity contribution in [1.29, 1.82) is 0 Å². The molecule has 1 fully saturated rings. The summed E-state index contributed by atoms with van der Waals surface area (Å²) in [7, 11) is 0. The number of hydrogen-bond donors (Lipinski definition) is 1. The first-order valence-corrected chi connectivity index (χ1v) is 6.76. The van der Waals surface area contributed by atoms with Crippen LogP contribution in [-0.2, 0) is 0 Å². The monoisotopic (exact) mass is 247 g/mol. The molecule has 0 saturated carbocycles. The third-order valence-corrected chi connectivity index (χ3v) is 3.69. The number of carbonyl (C=O) groups is 1. The van der Waals surface area contributed by atoms with E-state index in [9.17, 15) is 4.79 Å². The van der Waals surface area contributed by atoms with Gasteiger partial charge in [-0.25, -0.2) is 0 Å². The first kappa shape index (κ1) is 13.1. The molecule has 1 amide bonds. The molecule has 1 aromatic carbocycles. The van der Waals surface area contributed by atoms with E-state index in [1.54, 1.807) is 0 Å². The molecular formula is C15H21NO2. The fourth-order valence-electron chi connectivity index (χ4n) is 2.57. The maximum Gasteiger partial charge on any atom is 0.253 e. The maximum atomic E-state index is 12.2. The van der Waals surface area contributed by atoms with E-state index in [-0.39, 0.29) is 12.5 Å². The molecule has 3 heteroatoms. The van der Waals surface area contributed by atoms with Crippen LogP contribution in [-0.4, -0.2) is 35.6 Å². The van der Waals surface area contributed by atoms with Crippen molar-refractivity contribution < 1.29 is 9.90 Å². The molecule has 0 aromatic heterocycles. The minimum Gasteiger partial charge on any atom is -0.396 e. The average Bonchev–Trinajstić information content (AvgIpc) is 2.46. The van der Waals surface area contributed by atoms with Gasteiger partial charge >= 0.3 is 0 Å². The van der Waals surface area contributed by atoms with Gasteiger partial charge < -0.3 is 10.0 Å². The second kappa shape index (κ2) is 6.55. The topological polar surface area (TPSA) is 40.5 Å². The summed E-state index contributed by atoms with van der Waals surface area (Å²) < 4.78 is 0. The van der Waals surface area contributed by atoms with Gasteiger partial charge in [0.25, 0.3) is 5.91 Å². The van der Waals surface area contributed by atoms with Crippen LogP contribution in [0.1, 0.15) is 36.0 Å². The molecule has 1 N–H and O–H groups in total. The van der Waals surface area contributed by atoms with Crippen molar-refractivity contribution in [2.24, 2.45) is 5.92 Å². The number of aliphatic hydroxyl groups excluding tert-OH is 1. The van der Waals surface area contributed by atoms with E-state index in [0.717, 1.165) is 44.3 Å². The van der Waals surface area contributed by atoms with Gasteiger partial charge in [0.1, 0.15) is 0 Å². The Hall–Kier alpha value is -1.35. The van der Waals surface area contributed by atoms with Crippen LogP contribution in [0.4, 0.5) is 0 Å². The van der Waals surface area contributed by atoms with E-state index in [1.165, 1.54) is 0 Å². The van der Waals surface area contributed by atoms with E-state index < -0.39 is 0 Å². The predicted octanol–water partition coefficient (Wildman–Crippen LogP) is 2.31. The second-order valence-electron chi connectivity index (χ2n) is 4.97. The summed E-state index contributed by atoms with van der Waals surface area (Å²) in [5.74, 6) is 0.827. The first-order chi connectivity index (χ1) is 8.81. The number of piperidine rings is 1. The van der Waals surface area contributed by atoms with E-state index in [4.69, 9.17) is 5.11 Å². The van der Waals surface area contributed by atoms with E-state index in [0.29, 0.717) is 5.92 Å². The number of carbonyl (C=O) groups excluding carboxylic acids is 1. The van der Waals surface area contributed by atoms with Gasteiger partial charge in [-0.2, -0.15) is 0 Å². The number of hydrogen-bond acceptors (Lipinski definition) is 2. The van der Waals surface area contributed by atoms with Crippen LogP contribution in [0.25, 0.3) is 0 Å². The molecule has 0 unspecified atom stereocenters. The highest BCUT2D eigenvalue weighted by Crippen LogP contribution is 2.22. The summed E-state index contributed by atoms with van der Waals surface area (Å²) in [6, 6.07) is 9.49. The molecule has 18 heavy (non-hydrogen) atoms. The molecule has 2 rings (SSSR count). The highest BCUT2D eigenvalue weighted by Gasteiger charge is 2.22. The number of amides is 1. The zero-order valence-electron chi connectivity index (χ0n) is 10.7. The van der Waals surface area contributed by atoms with Crippen LogP contribution in [0.15, 0.2) is 30.3 Å². The third-order valence-electron chi connectivity index (χ3n) is 3.69. The first-order valence-electron chi connectivity index (χ1n) is 6.76. The number of nitrogens with zero attached hydrogens (tertiary/aromatic N) is 1. The second-order valence-corrected chi connectivity index (χ2v) is 4.97. The smallest absolute Gasteiger partial charge is 0.253 e. The van der Waals surface area contributed by atoms with Gasteiger partial charge in [-0.05, 0) is 43.7 Å². The van der Waals surface area contributed by atoms with Crippen molar-refractivity contribution in [3.05, 3.63) is 35.9 Å². The standard InChI is InChI=1S/C15H21NO2/c17-12-4-5-13-8-10-16(11-9-13)15(18)14-6-2-1-3-7-14/h1-3,6-7,13,17H,4-5,8-12H2. The molecule has 0 radical (unpaired) electrons. The predicted molar refractivity (Wildman–Crippen MR) is 71.4 cm³/mol. The SMILES string of the molecule is O=C(c1ccccc1)N1CCC(CCCO)CC1. The lowest BCUT2D eigenvalue weighted by atomic mass is 9.92. The Bertz CT molecular complexity index is 369. The fourth-order valence-corrected chi connectivity index (χ4v) is 2.57. The number of aliphatic hydroxyl groups is 1. The highest BCUT2D eigenvalue weighted by atomic mass is 16.2. The summed E-state index contributed by atoms with van der Waals surface area (Å²) >= 11 is 0. The van der Waals surface area contributed by atoms with Gasteiger partial charge in [0.15, 0.2) is 0 Å². The molecule has 98 valence electrons. The van der Waals surface area contributed by atoms with Crippen LogP contribution in [0.5, 0.6) is 0 Å². The molecule has 1 aromatic rings. The molecule has 1 aliphatic heterocycles. The van der Waals surface area contributed by atoms with Gasteiger partial charge in [0.2, 0.25) is 0 Å². The van der Waals surface area contributed by atoms with Crippen LogP contribution < -0.4 is 0 Å². The molecule has 1 heterocycles. The quantitative estimate of drug-likeness (QED) is 0.887. The summed E-state index contributed by atoms with van der Waals surface area (Å²) in [4.78, 5) is 14.2. The van der Waals surface area contributed by atoms with Crippen LogP contribution in [0.2, 0.25) is 0 Å². The molecule has 1 saturated heterocycles. The fraction of sp³-hybridized carbons (Fsp3) is 0.533. The summed E-state index contributed by atoms with van der Waals surface area (Å²) in [5, 5.41) is 8.82. The summed E-state index contributed by atoms with van der Waals surface area (Å²) in [5.41, 5.74) is 0.784. The zero-order valence-corrected chi connectivity index (χ0v) is 10.7. The number of benzene rings is 1. The van der Waals surface area contributed by atoms with Crippen LogP contribution in [0, 0.1) is 5.92 Å². The Kier molecular flexibility index (Phi) is 4.76. The Balaban J connectivity index is 1.84. The Morgan fingerprint density at radius 1 is 1.22 bits per heavy atom. The van der Waals surface area contributed by atoms with Crippen molar-refractivity contribution in [2.45, 2.75) is 25.7 Å². The lowest BCUT2D eigenvalue weighted by molar-refractivity contribution is 0.0683. The van der Waals surface area contributed by atoms with Crippen molar-refractivity contribution in [2.75, 3.05) is 19.7 Å².